The van der Waals surface area contributed by atoms with Gasteiger partial charge in [-0.2, -0.15) is 4.98 Å². The molecule has 4 aromatic rings. The maximum Gasteiger partial charge on any atom is 0.348 e. The maximum absolute atomic E-state index is 13.2. The molecule has 0 spiro atoms. The van der Waals surface area contributed by atoms with Crippen LogP contribution >= 0.6 is 15.9 Å². The first-order chi connectivity index (χ1) is 18.3. The number of nitrogens with zero attached hydrogens (tertiary/aromatic N) is 2. The van der Waals surface area contributed by atoms with Crippen LogP contribution in [0.5, 0.6) is 11.9 Å². The molecule has 0 aliphatic rings. The standard InChI is InChI=1S/C29H25BrN2O6/c1-19-17-25(36-2)32-28(31-19)38-26(27(34)35)29(21-9-5-3-6-10-21,22-11-7-4-8-12-22)37-18-24(33)20-13-15-23(30)16-14-20/h3-17,26H,18H2,1-2H3,(H,34,35). The third kappa shape index (κ3) is 5.90. The van der Waals surface area contributed by atoms with Crippen LogP contribution < -0.4 is 9.47 Å². The molecule has 1 aromatic heterocycles. The molecule has 38 heavy (non-hydrogen) atoms. The first-order valence-electron chi connectivity index (χ1n) is 11.7. The Labute approximate surface area is 228 Å². The van der Waals surface area contributed by atoms with E-state index in [4.69, 9.17) is 14.2 Å². The highest BCUT2D eigenvalue weighted by molar-refractivity contribution is 9.10. The van der Waals surface area contributed by atoms with Crippen LogP contribution in [0.15, 0.2) is 95.5 Å². The number of carbonyl (C=O) groups excluding carboxylic acids is 1. The monoisotopic (exact) mass is 576 g/mol. The molecule has 0 fully saturated rings. The summed E-state index contributed by atoms with van der Waals surface area (Å²) in [7, 11) is 1.44. The summed E-state index contributed by atoms with van der Waals surface area (Å²) in [6.45, 7) is 1.29. The molecule has 1 N–H and O–H groups in total. The lowest BCUT2D eigenvalue weighted by Gasteiger charge is -2.38. The van der Waals surface area contributed by atoms with Gasteiger partial charge >= 0.3 is 12.0 Å². The van der Waals surface area contributed by atoms with Crippen LogP contribution in [0.4, 0.5) is 0 Å². The number of aryl methyl sites for hydroxylation is 1. The quantitative estimate of drug-likeness (QED) is 0.242. The normalized spacial score (nSPS) is 12.0. The topological polar surface area (TPSA) is 108 Å². The van der Waals surface area contributed by atoms with Crippen molar-refractivity contribution in [3.8, 4) is 11.9 Å². The van der Waals surface area contributed by atoms with E-state index in [-0.39, 0.29) is 17.7 Å². The molecule has 1 heterocycles. The Morgan fingerprint density at radius 2 is 1.50 bits per heavy atom. The van der Waals surface area contributed by atoms with Crippen LogP contribution in [0.1, 0.15) is 27.2 Å². The van der Waals surface area contributed by atoms with Crippen molar-refractivity contribution in [1.29, 1.82) is 0 Å². The van der Waals surface area contributed by atoms with Gasteiger partial charge in [0.25, 0.3) is 0 Å². The van der Waals surface area contributed by atoms with Crippen LogP contribution in [0.2, 0.25) is 0 Å². The predicted molar refractivity (Wildman–Crippen MR) is 143 cm³/mol. The summed E-state index contributed by atoms with van der Waals surface area (Å²) in [6, 6.07) is 25.8. The van der Waals surface area contributed by atoms with E-state index in [0.29, 0.717) is 22.4 Å². The Morgan fingerprint density at radius 3 is 2.03 bits per heavy atom. The van der Waals surface area contributed by atoms with E-state index in [9.17, 15) is 14.7 Å². The van der Waals surface area contributed by atoms with Crippen LogP contribution in [0.3, 0.4) is 0 Å². The van der Waals surface area contributed by atoms with E-state index in [1.807, 2.05) is 0 Å². The molecule has 9 heteroatoms. The summed E-state index contributed by atoms with van der Waals surface area (Å²) in [4.78, 5) is 34.5. The second-order valence-electron chi connectivity index (χ2n) is 8.36. The molecule has 0 bridgehead atoms. The summed E-state index contributed by atoms with van der Waals surface area (Å²) in [5.41, 5.74) is 0.137. The van der Waals surface area contributed by atoms with Gasteiger partial charge in [0.05, 0.1) is 7.11 Å². The van der Waals surface area contributed by atoms with Crippen molar-refractivity contribution >= 4 is 27.7 Å². The van der Waals surface area contributed by atoms with Crippen LogP contribution in [-0.4, -0.2) is 46.6 Å². The van der Waals surface area contributed by atoms with E-state index >= 15 is 0 Å². The number of rotatable bonds is 11. The number of aromatic nitrogens is 2. The van der Waals surface area contributed by atoms with E-state index in [1.165, 1.54) is 7.11 Å². The molecular formula is C29H25BrN2O6. The Morgan fingerprint density at radius 1 is 0.921 bits per heavy atom. The van der Waals surface area contributed by atoms with E-state index in [1.54, 1.807) is 97.9 Å². The van der Waals surface area contributed by atoms with Crippen molar-refractivity contribution in [1.82, 2.24) is 9.97 Å². The molecule has 0 amide bonds. The summed E-state index contributed by atoms with van der Waals surface area (Å²) in [5, 5.41) is 10.5. The number of carboxylic acid groups (broad SMARTS) is 1. The number of benzene rings is 3. The molecule has 0 radical (unpaired) electrons. The van der Waals surface area contributed by atoms with Crippen molar-refractivity contribution in [2.45, 2.75) is 18.6 Å². The van der Waals surface area contributed by atoms with Gasteiger partial charge in [-0.1, -0.05) is 88.7 Å². The largest absolute Gasteiger partial charge is 0.481 e. The Hall–Kier alpha value is -4.08. The number of carbonyl (C=O) groups is 2. The fraction of sp³-hybridized carbons (Fsp3) is 0.172. The lowest BCUT2D eigenvalue weighted by Crippen LogP contribution is -2.52. The summed E-state index contributed by atoms with van der Waals surface area (Å²) >= 11 is 3.36. The molecule has 0 aliphatic heterocycles. The number of hydrogen-bond donors (Lipinski definition) is 1. The zero-order chi connectivity index (χ0) is 27.1. The lowest BCUT2D eigenvalue weighted by atomic mass is 9.81. The Balaban J connectivity index is 1.85. The van der Waals surface area contributed by atoms with Crippen molar-refractivity contribution in [3.63, 3.8) is 0 Å². The average Bonchev–Trinajstić information content (AvgIpc) is 2.93. The van der Waals surface area contributed by atoms with Gasteiger partial charge in [0.1, 0.15) is 6.61 Å². The second-order valence-corrected chi connectivity index (χ2v) is 9.27. The number of halogens is 1. The van der Waals surface area contributed by atoms with Gasteiger partial charge in [0.2, 0.25) is 12.0 Å². The number of hydrogen-bond acceptors (Lipinski definition) is 7. The zero-order valence-corrected chi connectivity index (χ0v) is 22.3. The van der Waals surface area contributed by atoms with Gasteiger partial charge < -0.3 is 19.3 Å². The summed E-state index contributed by atoms with van der Waals surface area (Å²) in [6.07, 6.45) is -1.68. The fourth-order valence-electron chi connectivity index (χ4n) is 4.07. The van der Waals surface area contributed by atoms with E-state index in [0.717, 1.165) is 4.47 Å². The smallest absolute Gasteiger partial charge is 0.348 e. The van der Waals surface area contributed by atoms with Gasteiger partial charge in [0.15, 0.2) is 11.4 Å². The number of carboxylic acids is 1. The van der Waals surface area contributed by atoms with Gasteiger partial charge in [-0.25, -0.2) is 9.78 Å². The SMILES string of the molecule is COc1cc(C)nc(OC(C(=O)O)C(OCC(=O)c2ccc(Br)cc2)(c2ccccc2)c2ccccc2)n1. The molecule has 0 saturated carbocycles. The molecule has 194 valence electrons. The van der Waals surface area contributed by atoms with Crippen molar-refractivity contribution in [2.24, 2.45) is 0 Å². The number of methoxy groups -OCH3 is 1. The minimum absolute atomic E-state index is 0.201. The van der Waals surface area contributed by atoms with Crippen molar-refractivity contribution in [3.05, 3.63) is 118 Å². The molecule has 4 rings (SSSR count). The van der Waals surface area contributed by atoms with Gasteiger partial charge in [0, 0.05) is 21.8 Å². The molecule has 3 aromatic carbocycles. The lowest BCUT2D eigenvalue weighted by molar-refractivity contribution is -0.162. The molecule has 8 nitrogen and oxygen atoms in total. The molecule has 0 saturated heterocycles. The predicted octanol–water partition coefficient (Wildman–Crippen LogP) is 5.23. The third-order valence-corrected chi connectivity index (χ3v) is 6.37. The third-order valence-electron chi connectivity index (χ3n) is 5.84. The van der Waals surface area contributed by atoms with Crippen LogP contribution in [0, 0.1) is 6.92 Å². The number of aliphatic carboxylic acids is 1. The first-order valence-corrected chi connectivity index (χ1v) is 12.5. The van der Waals surface area contributed by atoms with Crippen molar-refractivity contribution in [2.75, 3.05) is 13.7 Å². The number of Topliss-reactive ketones (excluding diaryl/α,β-unsaturated/α-hetero) is 1. The average molecular weight is 577 g/mol. The fourth-order valence-corrected chi connectivity index (χ4v) is 4.33. The summed E-state index contributed by atoms with van der Waals surface area (Å²) in [5.74, 6) is -1.45. The molecule has 0 aliphatic carbocycles. The number of ether oxygens (including phenoxy) is 3. The highest BCUT2D eigenvalue weighted by Crippen LogP contribution is 2.39. The first kappa shape index (κ1) is 27.0. The summed E-state index contributed by atoms with van der Waals surface area (Å²) < 4.78 is 18.4. The highest BCUT2D eigenvalue weighted by Gasteiger charge is 2.50. The molecule has 1 unspecified atom stereocenters. The van der Waals surface area contributed by atoms with Gasteiger partial charge in [-0.15, -0.1) is 0 Å². The Kier molecular flexibility index (Phi) is 8.50. The van der Waals surface area contributed by atoms with E-state index < -0.39 is 24.3 Å². The van der Waals surface area contributed by atoms with Crippen molar-refractivity contribution < 1.29 is 28.9 Å². The zero-order valence-electron chi connectivity index (χ0n) is 20.7. The molecule has 1 atom stereocenters. The maximum atomic E-state index is 13.2. The Bertz CT molecular complexity index is 1360. The minimum Gasteiger partial charge on any atom is -0.481 e. The van der Waals surface area contributed by atoms with Gasteiger partial charge in [-0.05, 0) is 30.2 Å². The van der Waals surface area contributed by atoms with Crippen LogP contribution in [-0.2, 0) is 15.1 Å². The van der Waals surface area contributed by atoms with E-state index in [2.05, 4.69) is 25.9 Å². The van der Waals surface area contributed by atoms with Gasteiger partial charge in [-0.3, -0.25) is 4.79 Å². The number of ketones is 1. The second kappa shape index (κ2) is 12.0. The minimum atomic E-state index is -1.75. The highest BCUT2D eigenvalue weighted by atomic mass is 79.9. The van der Waals surface area contributed by atoms with Crippen LogP contribution in [0.25, 0.3) is 0 Å². The molecular weight excluding hydrogens is 552 g/mol.